The summed E-state index contributed by atoms with van der Waals surface area (Å²) in [5.74, 6) is 1.14. The van der Waals surface area contributed by atoms with E-state index in [1.54, 1.807) is 11.3 Å². The molecule has 29 heavy (non-hydrogen) atoms. The number of aromatic nitrogens is 3. The van der Waals surface area contributed by atoms with Gasteiger partial charge in [0.2, 0.25) is 5.91 Å². The number of hydrogen-bond acceptors (Lipinski definition) is 5. The van der Waals surface area contributed by atoms with Gasteiger partial charge in [-0.15, -0.1) is 21.5 Å². The fraction of sp³-hybridized carbons (Fsp3) is 0.409. The number of nitrogens with zero attached hydrogens (tertiary/aromatic N) is 3. The second-order valence-electron chi connectivity index (χ2n) is 7.21. The zero-order valence-electron chi connectivity index (χ0n) is 17.7. The van der Waals surface area contributed by atoms with Crippen LogP contribution in [0.2, 0.25) is 0 Å². The van der Waals surface area contributed by atoms with Crippen LogP contribution in [0.25, 0.3) is 11.4 Å². The first-order chi connectivity index (χ1) is 13.9. The third-order valence-corrected chi connectivity index (χ3v) is 6.57. The first-order valence-electron chi connectivity index (χ1n) is 9.98. The zero-order chi connectivity index (χ0) is 21.0. The van der Waals surface area contributed by atoms with Crippen LogP contribution in [0.5, 0.6) is 0 Å². The van der Waals surface area contributed by atoms with Crippen LogP contribution in [0.15, 0.2) is 34.8 Å². The van der Waals surface area contributed by atoms with Crippen molar-refractivity contribution in [2.75, 3.05) is 11.1 Å². The zero-order valence-corrected chi connectivity index (χ0v) is 19.3. The molecule has 1 N–H and O–H groups in total. The van der Waals surface area contributed by atoms with E-state index < -0.39 is 0 Å². The number of thioether (sulfide) groups is 1. The SMILES string of the molecule is CCc1cccc(CC)c1NC(=O)CSc1nnc(-c2csc(C)c2)n1C(C)C. The molecule has 0 atom stereocenters. The van der Waals surface area contributed by atoms with Crippen LogP contribution in [-0.4, -0.2) is 26.4 Å². The van der Waals surface area contributed by atoms with Gasteiger partial charge in [0.25, 0.3) is 0 Å². The molecule has 1 amide bonds. The molecule has 0 aliphatic heterocycles. The monoisotopic (exact) mass is 428 g/mol. The number of rotatable bonds is 8. The molecule has 5 nitrogen and oxygen atoms in total. The highest BCUT2D eigenvalue weighted by molar-refractivity contribution is 7.99. The molecule has 2 heterocycles. The first kappa shape index (κ1) is 21.6. The predicted molar refractivity (Wildman–Crippen MR) is 123 cm³/mol. The van der Waals surface area contributed by atoms with Crippen LogP contribution in [0.1, 0.15) is 49.7 Å². The lowest BCUT2D eigenvalue weighted by Gasteiger charge is -2.15. The van der Waals surface area contributed by atoms with E-state index in [-0.39, 0.29) is 11.9 Å². The average molecular weight is 429 g/mol. The van der Waals surface area contributed by atoms with Gasteiger partial charge in [-0.1, -0.05) is 43.8 Å². The maximum absolute atomic E-state index is 12.7. The van der Waals surface area contributed by atoms with E-state index in [1.165, 1.54) is 27.8 Å². The molecule has 0 fully saturated rings. The van der Waals surface area contributed by atoms with Crippen molar-refractivity contribution >= 4 is 34.7 Å². The Kier molecular flexibility index (Phi) is 7.14. The van der Waals surface area contributed by atoms with Gasteiger partial charge >= 0.3 is 0 Å². The average Bonchev–Trinajstić information content (AvgIpc) is 3.32. The molecule has 3 aromatic rings. The third kappa shape index (κ3) is 4.90. The van der Waals surface area contributed by atoms with Crippen molar-refractivity contribution in [1.82, 2.24) is 14.8 Å². The number of carbonyl (C=O) groups is 1. The van der Waals surface area contributed by atoms with Gasteiger partial charge in [0.1, 0.15) is 0 Å². The van der Waals surface area contributed by atoms with Crippen LogP contribution in [-0.2, 0) is 17.6 Å². The minimum absolute atomic E-state index is 0.0168. The lowest BCUT2D eigenvalue weighted by atomic mass is 10.0. The van der Waals surface area contributed by atoms with Gasteiger partial charge in [0.15, 0.2) is 11.0 Å². The summed E-state index contributed by atoms with van der Waals surface area (Å²) in [6, 6.07) is 8.54. The van der Waals surface area contributed by atoms with Crippen LogP contribution in [0.4, 0.5) is 5.69 Å². The van der Waals surface area contributed by atoms with E-state index >= 15 is 0 Å². The van der Waals surface area contributed by atoms with E-state index in [9.17, 15) is 4.79 Å². The molecule has 0 bridgehead atoms. The summed E-state index contributed by atoms with van der Waals surface area (Å²) < 4.78 is 2.11. The van der Waals surface area contributed by atoms with Crippen molar-refractivity contribution in [2.45, 2.75) is 58.7 Å². The van der Waals surface area contributed by atoms with E-state index in [1.807, 2.05) is 0 Å². The number of amides is 1. The van der Waals surface area contributed by atoms with Crippen molar-refractivity contribution in [3.8, 4) is 11.4 Å². The number of carbonyl (C=O) groups excluding carboxylic acids is 1. The van der Waals surface area contributed by atoms with Crippen LogP contribution in [0, 0.1) is 6.92 Å². The number of nitrogens with one attached hydrogen (secondary N) is 1. The van der Waals surface area contributed by atoms with E-state index in [0.29, 0.717) is 5.75 Å². The maximum atomic E-state index is 12.7. The van der Waals surface area contributed by atoms with Gasteiger partial charge in [-0.25, -0.2) is 0 Å². The summed E-state index contributed by atoms with van der Waals surface area (Å²) in [6.07, 6.45) is 1.78. The summed E-state index contributed by atoms with van der Waals surface area (Å²) in [5, 5.41) is 14.8. The topological polar surface area (TPSA) is 59.8 Å². The van der Waals surface area contributed by atoms with E-state index in [4.69, 9.17) is 0 Å². The summed E-state index contributed by atoms with van der Waals surface area (Å²) in [7, 11) is 0. The molecule has 2 aromatic heterocycles. The van der Waals surface area contributed by atoms with E-state index in [0.717, 1.165) is 35.1 Å². The smallest absolute Gasteiger partial charge is 0.234 e. The predicted octanol–water partition coefficient (Wildman–Crippen LogP) is 5.75. The minimum atomic E-state index is -0.0168. The molecule has 0 saturated carbocycles. The lowest BCUT2D eigenvalue weighted by Crippen LogP contribution is -2.17. The van der Waals surface area contributed by atoms with Crippen molar-refractivity contribution in [3.05, 3.63) is 45.6 Å². The quantitative estimate of drug-likeness (QED) is 0.464. The maximum Gasteiger partial charge on any atom is 0.234 e. The molecule has 3 rings (SSSR count). The third-order valence-electron chi connectivity index (χ3n) is 4.77. The Morgan fingerprint density at radius 1 is 1.21 bits per heavy atom. The number of para-hydroxylation sites is 1. The fourth-order valence-corrected chi connectivity index (χ4v) is 4.86. The highest BCUT2D eigenvalue weighted by Gasteiger charge is 2.19. The summed E-state index contributed by atoms with van der Waals surface area (Å²) in [4.78, 5) is 13.9. The second kappa shape index (κ2) is 9.59. The fourth-order valence-electron chi connectivity index (χ4n) is 3.31. The van der Waals surface area contributed by atoms with Gasteiger partial charge in [-0.3, -0.25) is 9.36 Å². The number of thiophene rings is 1. The van der Waals surface area contributed by atoms with Crippen molar-refractivity contribution in [1.29, 1.82) is 0 Å². The number of aryl methyl sites for hydroxylation is 3. The molecule has 7 heteroatoms. The summed E-state index contributed by atoms with van der Waals surface area (Å²) in [5.41, 5.74) is 4.38. The molecule has 0 saturated heterocycles. The van der Waals surface area contributed by atoms with Crippen molar-refractivity contribution in [3.63, 3.8) is 0 Å². The Morgan fingerprint density at radius 2 is 1.90 bits per heavy atom. The van der Waals surface area contributed by atoms with Gasteiger partial charge in [0, 0.05) is 27.5 Å². The number of benzene rings is 1. The van der Waals surface area contributed by atoms with Gasteiger partial charge < -0.3 is 5.32 Å². The van der Waals surface area contributed by atoms with E-state index in [2.05, 4.69) is 84.3 Å². The standard InChI is InChI=1S/C22H28N4OS2/c1-6-16-9-8-10-17(7-2)20(16)23-19(27)13-29-22-25-24-21(26(22)14(3)4)18-11-15(5)28-12-18/h8-12,14H,6-7,13H2,1-5H3,(H,23,27). The Labute approximate surface area is 180 Å². The van der Waals surface area contributed by atoms with Gasteiger partial charge in [-0.2, -0.15) is 0 Å². The summed E-state index contributed by atoms with van der Waals surface area (Å²) in [6.45, 7) is 10.5. The molecule has 0 spiro atoms. The van der Waals surface area contributed by atoms with Crippen LogP contribution < -0.4 is 5.32 Å². The molecule has 0 aliphatic carbocycles. The first-order valence-corrected chi connectivity index (χ1v) is 11.8. The Bertz CT molecular complexity index is 968. The highest BCUT2D eigenvalue weighted by atomic mass is 32.2. The Morgan fingerprint density at radius 3 is 2.45 bits per heavy atom. The molecule has 0 unspecified atom stereocenters. The largest absolute Gasteiger partial charge is 0.325 e. The van der Waals surface area contributed by atoms with Crippen molar-refractivity contribution in [2.24, 2.45) is 0 Å². The molecule has 154 valence electrons. The molecular formula is C22H28N4OS2. The van der Waals surface area contributed by atoms with Crippen LogP contribution in [0.3, 0.4) is 0 Å². The highest BCUT2D eigenvalue weighted by Crippen LogP contribution is 2.30. The van der Waals surface area contributed by atoms with Gasteiger partial charge in [-0.05, 0) is 50.8 Å². The molecule has 0 aliphatic rings. The molecular weight excluding hydrogens is 400 g/mol. The molecule has 1 aromatic carbocycles. The second-order valence-corrected chi connectivity index (χ2v) is 9.27. The lowest BCUT2D eigenvalue weighted by molar-refractivity contribution is -0.113. The Balaban J connectivity index is 1.75. The van der Waals surface area contributed by atoms with Crippen molar-refractivity contribution < 1.29 is 4.79 Å². The van der Waals surface area contributed by atoms with Crippen LogP contribution >= 0.6 is 23.1 Å². The normalized spacial score (nSPS) is 11.2. The minimum Gasteiger partial charge on any atom is -0.325 e. The Hall–Kier alpha value is -2.12. The summed E-state index contributed by atoms with van der Waals surface area (Å²) >= 11 is 3.14. The van der Waals surface area contributed by atoms with Gasteiger partial charge in [0.05, 0.1) is 5.75 Å². The molecule has 0 radical (unpaired) electrons. The number of hydrogen-bond donors (Lipinski definition) is 1. The number of anilines is 1.